The maximum absolute atomic E-state index is 13.1. The second kappa shape index (κ2) is 9.45. The van der Waals surface area contributed by atoms with Crippen LogP contribution >= 0.6 is 0 Å². The number of nitrogens with two attached hydrogens (primary N) is 2. The molecule has 12 nitrogen and oxygen atoms in total. The Morgan fingerprint density at radius 3 is 2.62 bits per heavy atom. The molecule has 4 unspecified atom stereocenters. The van der Waals surface area contributed by atoms with Crippen molar-refractivity contribution >= 4 is 34.0 Å². The molecule has 13 heteroatoms. The Bertz CT molecular complexity index is 921. The van der Waals surface area contributed by atoms with E-state index in [0.29, 0.717) is 32.1 Å². The lowest BCUT2D eigenvalue weighted by atomic mass is 10.1. The van der Waals surface area contributed by atoms with Gasteiger partial charge in [-0.2, -0.15) is 8.42 Å². The van der Waals surface area contributed by atoms with Crippen molar-refractivity contribution in [3.8, 4) is 0 Å². The molecule has 2 aliphatic heterocycles. The van der Waals surface area contributed by atoms with E-state index in [-0.39, 0.29) is 13.0 Å². The highest BCUT2D eigenvalue weighted by Gasteiger charge is 2.61. The van der Waals surface area contributed by atoms with Gasteiger partial charge in [0, 0.05) is 12.5 Å². The molecule has 1 aliphatic carbocycles. The Balaban J connectivity index is 1.86. The molecule has 0 aromatic carbocycles. The van der Waals surface area contributed by atoms with Crippen molar-refractivity contribution < 1.29 is 32.3 Å². The van der Waals surface area contributed by atoms with E-state index >= 15 is 0 Å². The average molecular weight is 472 g/mol. The quantitative estimate of drug-likeness (QED) is 0.385. The molecule has 0 spiro atoms. The minimum absolute atomic E-state index is 0.213. The lowest BCUT2D eigenvalue weighted by molar-refractivity contribution is -0.146. The fraction of sp³-hybridized carbons (Fsp3) is 0.684. The van der Waals surface area contributed by atoms with Gasteiger partial charge in [-0.3, -0.25) is 14.4 Å². The monoisotopic (exact) mass is 471 g/mol. The second-order valence-corrected chi connectivity index (χ2v) is 9.72. The van der Waals surface area contributed by atoms with Crippen LogP contribution < -0.4 is 20.9 Å². The van der Waals surface area contributed by atoms with E-state index in [1.54, 1.807) is 10.8 Å². The maximum Gasteiger partial charge on any atom is 0.405 e. The van der Waals surface area contributed by atoms with Crippen LogP contribution in [-0.2, 0) is 29.3 Å². The summed E-state index contributed by atoms with van der Waals surface area (Å²) in [6.07, 6.45) is 5.83. The summed E-state index contributed by atoms with van der Waals surface area (Å²) in [5.41, 5.74) is 3.68. The van der Waals surface area contributed by atoms with Crippen molar-refractivity contribution in [2.75, 3.05) is 6.54 Å². The molecule has 0 aromatic rings. The Morgan fingerprint density at radius 2 is 1.94 bits per heavy atom. The van der Waals surface area contributed by atoms with Gasteiger partial charge in [-0.1, -0.05) is 18.6 Å². The molecule has 32 heavy (non-hydrogen) atoms. The third kappa shape index (κ3) is 5.57. The van der Waals surface area contributed by atoms with Gasteiger partial charge in [0.2, 0.25) is 5.91 Å². The molecule has 2 fully saturated rings. The van der Waals surface area contributed by atoms with Gasteiger partial charge in [0.15, 0.2) is 6.10 Å². The highest BCUT2D eigenvalue weighted by atomic mass is 32.2. The van der Waals surface area contributed by atoms with E-state index in [1.807, 2.05) is 6.08 Å². The number of ether oxygens (including phenoxy) is 1. The zero-order valence-corrected chi connectivity index (χ0v) is 18.4. The highest BCUT2D eigenvalue weighted by Crippen LogP contribution is 2.45. The zero-order chi connectivity index (χ0) is 23.5. The SMILES string of the molecule is NC(=O)OC1CCCCC/C=C\C2CC2(C(=O)NS(N)(=O)=O)NC(=O)C2CCCN2C1=O. The third-order valence-electron chi connectivity index (χ3n) is 6.08. The molecule has 4 atom stereocenters. The maximum atomic E-state index is 13.1. The lowest BCUT2D eigenvalue weighted by Gasteiger charge is -2.29. The van der Waals surface area contributed by atoms with Gasteiger partial charge in [0.25, 0.3) is 22.0 Å². The molecule has 6 N–H and O–H groups in total. The number of nitrogens with one attached hydrogen (secondary N) is 2. The summed E-state index contributed by atoms with van der Waals surface area (Å²) in [6.45, 7) is 0.287. The van der Waals surface area contributed by atoms with Crippen LogP contribution in [0, 0.1) is 5.92 Å². The molecule has 3 aliphatic rings. The second-order valence-electron chi connectivity index (χ2n) is 8.43. The minimum Gasteiger partial charge on any atom is -0.436 e. The van der Waals surface area contributed by atoms with E-state index in [1.165, 1.54) is 4.90 Å². The molecule has 0 bridgehead atoms. The summed E-state index contributed by atoms with van der Waals surface area (Å²) in [7, 11) is -4.31. The Kier molecular flexibility index (Phi) is 7.08. The first-order chi connectivity index (χ1) is 15.0. The number of carbonyl (C=O) groups excluding carboxylic acids is 4. The number of hydrogen-bond acceptors (Lipinski definition) is 7. The number of nitrogens with zero attached hydrogens (tertiary/aromatic N) is 1. The minimum atomic E-state index is -4.31. The van der Waals surface area contributed by atoms with Gasteiger partial charge >= 0.3 is 6.09 Å². The van der Waals surface area contributed by atoms with Crippen LogP contribution in [0.4, 0.5) is 4.79 Å². The molecule has 4 amide bonds. The summed E-state index contributed by atoms with van der Waals surface area (Å²) in [5.74, 6) is -2.40. The van der Waals surface area contributed by atoms with Crippen LogP contribution in [0.1, 0.15) is 51.4 Å². The largest absolute Gasteiger partial charge is 0.436 e. The standard InChI is InChI=1S/C19H29N5O7S/c20-18(28)31-14-9-5-3-1-2-4-7-12-11-19(12,17(27)23-32(21,29)30)22-15(25)13-8-6-10-24(13)16(14)26/h4,7,12-14H,1-3,5-6,8-11H2,(H2,20,28)(H,22,25)(H,23,27)(H2,21,29,30)/b7-4-. The first kappa shape index (κ1) is 24.0. The van der Waals surface area contributed by atoms with Crippen molar-refractivity contribution in [3.05, 3.63) is 12.2 Å². The van der Waals surface area contributed by atoms with Gasteiger partial charge in [0.05, 0.1) is 0 Å². The molecule has 0 radical (unpaired) electrons. The van der Waals surface area contributed by atoms with Crippen LogP contribution in [0.3, 0.4) is 0 Å². The van der Waals surface area contributed by atoms with E-state index in [4.69, 9.17) is 15.6 Å². The predicted octanol–water partition coefficient (Wildman–Crippen LogP) is -0.844. The Morgan fingerprint density at radius 1 is 1.19 bits per heavy atom. The topological polar surface area (TPSA) is 191 Å². The summed E-state index contributed by atoms with van der Waals surface area (Å²) >= 11 is 0. The summed E-state index contributed by atoms with van der Waals surface area (Å²) in [4.78, 5) is 51.5. The van der Waals surface area contributed by atoms with E-state index in [0.717, 1.165) is 12.8 Å². The molecule has 3 rings (SSSR count). The van der Waals surface area contributed by atoms with Gasteiger partial charge in [-0.15, -0.1) is 0 Å². The fourth-order valence-electron chi connectivity index (χ4n) is 4.40. The van der Waals surface area contributed by atoms with Gasteiger partial charge in [-0.25, -0.2) is 14.7 Å². The molecule has 1 saturated carbocycles. The number of allylic oxidation sites excluding steroid dienone is 1. The van der Waals surface area contributed by atoms with Crippen molar-refractivity contribution in [3.63, 3.8) is 0 Å². The first-order valence-electron chi connectivity index (χ1n) is 10.6. The lowest BCUT2D eigenvalue weighted by Crippen LogP contribution is -2.57. The summed E-state index contributed by atoms with van der Waals surface area (Å²) in [5, 5.41) is 7.60. The van der Waals surface area contributed by atoms with Crippen LogP contribution in [0.5, 0.6) is 0 Å². The molecule has 0 aromatic heterocycles. The number of carbonyl (C=O) groups is 4. The summed E-state index contributed by atoms with van der Waals surface area (Å²) in [6, 6.07) is -0.879. The molecule has 1 saturated heterocycles. The zero-order valence-electron chi connectivity index (χ0n) is 17.6. The Hall–Kier alpha value is -2.67. The van der Waals surface area contributed by atoms with E-state index in [9.17, 15) is 27.6 Å². The molecule has 2 heterocycles. The average Bonchev–Trinajstić information content (AvgIpc) is 3.15. The number of rotatable bonds is 3. The first-order valence-corrected chi connectivity index (χ1v) is 12.2. The van der Waals surface area contributed by atoms with E-state index in [2.05, 4.69) is 5.32 Å². The van der Waals surface area contributed by atoms with Crippen LogP contribution in [0.25, 0.3) is 0 Å². The number of hydrogen-bond donors (Lipinski definition) is 4. The number of fused-ring (bicyclic) bond motifs is 2. The van der Waals surface area contributed by atoms with E-state index < -0.39 is 57.6 Å². The van der Waals surface area contributed by atoms with Gasteiger partial charge in [-0.05, 0) is 44.9 Å². The van der Waals surface area contributed by atoms with Crippen LogP contribution in [0.2, 0.25) is 0 Å². The van der Waals surface area contributed by atoms with Crippen LogP contribution in [-0.4, -0.2) is 61.4 Å². The van der Waals surface area contributed by atoms with Crippen LogP contribution in [0.15, 0.2) is 12.2 Å². The molecular formula is C19H29N5O7S. The van der Waals surface area contributed by atoms with Crippen molar-refractivity contribution in [1.82, 2.24) is 14.9 Å². The fourth-order valence-corrected chi connectivity index (χ4v) is 4.84. The number of amides is 4. The predicted molar refractivity (Wildman–Crippen MR) is 112 cm³/mol. The van der Waals surface area contributed by atoms with Crippen molar-refractivity contribution in [2.24, 2.45) is 16.8 Å². The van der Waals surface area contributed by atoms with Crippen molar-refractivity contribution in [1.29, 1.82) is 0 Å². The normalized spacial score (nSPS) is 32.4. The van der Waals surface area contributed by atoms with Crippen molar-refractivity contribution in [2.45, 2.75) is 69.1 Å². The highest BCUT2D eigenvalue weighted by molar-refractivity contribution is 7.87. The van der Waals surface area contributed by atoms with Gasteiger partial charge < -0.3 is 20.7 Å². The molecular weight excluding hydrogens is 442 g/mol. The molecule has 178 valence electrons. The summed E-state index contributed by atoms with van der Waals surface area (Å²) < 4.78 is 29.5. The Labute approximate surface area is 186 Å². The number of primary amides is 1. The third-order valence-corrected chi connectivity index (χ3v) is 6.55. The van der Waals surface area contributed by atoms with Gasteiger partial charge in [0.1, 0.15) is 11.6 Å². The smallest absolute Gasteiger partial charge is 0.405 e.